The van der Waals surface area contributed by atoms with Crippen LogP contribution in [0.5, 0.6) is 0 Å². The van der Waals surface area contributed by atoms with E-state index in [2.05, 4.69) is 31.2 Å². The summed E-state index contributed by atoms with van der Waals surface area (Å²) in [7, 11) is 0. The molecule has 0 unspecified atom stereocenters. The summed E-state index contributed by atoms with van der Waals surface area (Å²) in [5, 5.41) is 7.85. The molecule has 0 bridgehead atoms. The average Bonchev–Trinajstić information content (AvgIpc) is 2.77. The Morgan fingerprint density at radius 3 is 2.68 bits per heavy atom. The number of hydrogen-bond donors (Lipinski definition) is 1. The maximum absolute atomic E-state index is 13.3. The molecule has 1 aromatic carbocycles. The van der Waals surface area contributed by atoms with Gasteiger partial charge in [0.2, 0.25) is 0 Å². The largest absolute Gasteiger partial charge is 0.306 e. The average molecular weight is 261 g/mol. The van der Waals surface area contributed by atoms with Gasteiger partial charge in [0.1, 0.15) is 5.82 Å². The Labute approximate surface area is 113 Å². The molecule has 0 atom stereocenters. The fourth-order valence-corrected chi connectivity index (χ4v) is 1.78. The van der Waals surface area contributed by atoms with Gasteiger partial charge >= 0.3 is 0 Å². The Morgan fingerprint density at radius 2 is 2.00 bits per heavy atom. The summed E-state index contributed by atoms with van der Waals surface area (Å²) < 4.78 is 15.0. The van der Waals surface area contributed by atoms with Gasteiger partial charge < -0.3 is 5.32 Å². The molecule has 2 rings (SSSR count). The Morgan fingerprint density at radius 1 is 1.26 bits per heavy atom. The first-order chi connectivity index (χ1) is 8.85. The second-order valence-electron chi connectivity index (χ2n) is 5.79. The third-order valence-electron chi connectivity index (χ3n) is 2.86. The van der Waals surface area contributed by atoms with Crippen LogP contribution in [-0.4, -0.2) is 15.3 Å². The maximum Gasteiger partial charge on any atom is 0.125 e. The van der Waals surface area contributed by atoms with Gasteiger partial charge in [0.05, 0.1) is 11.4 Å². The fraction of sp³-hybridized carbons (Fsp3) is 0.400. The molecule has 0 saturated carbocycles. The number of benzene rings is 1. The fourth-order valence-electron chi connectivity index (χ4n) is 1.78. The molecular formula is C15H20FN3. The van der Waals surface area contributed by atoms with Crippen LogP contribution in [0.1, 0.15) is 32.0 Å². The van der Waals surface area contributed by atoms with E-state index in [1.807, 2.05) is 19.2 Å². The molecule has 19 heavy (non-hydrogen) atoms. The van der Waals surface area contributed by atoms with Crippen LogP contribution in [0.25, 0.3) is 5.69 Å². The minimum atomic E-state index is -0.245. The van der Waals surface area contributed by atoms with E-state index in [0.29, 0.717) is 6.54 Å². The number of aryl methyl sites for hydroxylation is 1. The van der Waals surface area contributed by atoms with Crippen molar-refractivity contribution in [3.8, 4) is 5.69 Å². The summed E-state index contributed by atoms with van der Waals surface area (Å²) in [6.45, 7) is 8.98. The molecule has 0 aliphatic heterocycles. The van der Waals surface area contributed by atoms with Gasteiger partial charge in [0, 0.05) is 18.3 Å². The summed E-state index contributed by atoms with van der Waals surface area (Å²) >= 11 is 0. The Bertz CT molecular complexity index is 567. The van der Waals surface area contributed by atoms with Crippen molar-refractivity contribution in [1.82, 2.24) is 15.1 Å². The number of aromatic nitrogens is 2. The molecule has 0 saturated heterocycles. The van der Waals surface area contributed by atoms with Gasteiger partial charge in [-0.3, -0.25) is 0 Å². The molecule has 4 heteroatoms. The van der Waals surface area contributed by atoms with Gasteiger partial charge in [-0.1, -0.05) is 6.07 Å². The van der Waals surface area contributed by atoms with Crippen LogP contribution in [0, 0.1) is 12.7 Å². The molecule has 2 aromatic rings. The Kier molecular flexibility index (Phi) is 3.71. The molecule has 0 aliphatic rings. The molecule has 3 nitrogen and oxygen atoms in total. The standard InChI is InChI=1S/C15H20FN3/c1-11-5-6-12(16)9-14(11)19-8-7-13(18-19)10-17-15(2,3)4/h5-9,17H,10H2,1-4H3. The van der Waals surface area contributed by atoms with Crippen LogP contribution < -0.4 is 5.32 Å². The lowest BCUT2D eigenvalue weighted by Gasteiger charge is -2.19. The summed E-state index contributed by atoms with van der Waals surface area (Å²) in [6, 6.07) is 6.68. The first kappa shape index (κ1) is 13.7. The van der Waals surface area contributed by atoms with Crippen molar-refractivity contribution in [2.75, 3.05) is 0 Å². The molecule has 0 radical (unpaired) electrons. The first-order valence-corrected chi connectivity index (χ1v) is 6.41. The van der Waals surface area contributed by atoms with Crippen molar-refractivity contribution in [1.29, 1.82) is 0 Å². The zero-order chi connectivity index (χ0) is 14.0. The van der Waals surface area contributed by atoms with Crippen molar-refractivity contribution < 1.29 is 4.39 Å². The number of nitrogens with one attached hydrogen (secondary N) is 1. The van der Waals surface area contributed by atoms with Gasteiger partial charge in [-0.25, -0.2) is 9.07 Å². The van der Waals surface area contributed by atoms with Gasteiger partial charge in [0.25, 0.3) is 0 Å². The lowest BCUT2D eigenvalue weighted by Crippen LogP contribution is -2.35. The summed E-state index contributed by atoms with van der Waals surface area (Å²) in [5.41, 5.74) is 2.78. The topological polar surface area (TPSA) is 29.9 Å². The third-order valence-corrected chi connectivity index (χ3v) is 2.86. The second kappa shape index (κ2) is 5.13. The number of halogens is 1. The SMILES string of the molecule is Cc1ccc(F)cc1-n1ccc(CNC(C)(C)C)n1. The maximum atomic E-state index is 13.3. The zero-order valence-corrected chi connectivity index (χ0v) is 11.9. The van der Waals surface area contributed by atoms with Crippen LogP contribution in [0.4, 0.5) is 4.39 Å². The highest BCUT2D eigenvalue weighted by atomic mass is 19.1. The minimum Gasteiger partial charge on any atom is -0.306 e. The monoisotopic (exact) mass is 261 g/mol. The zero-order valence-electron chi connectivity index (χ0n) is 11.9. The van der Waals surface area contributed by atoms with Crippen molar-refractivity contribution in [3.63, 3.8) is 0 Å². The smallest absolute Gasteiger partial charge is 0.125 e. The predicted octanol–water partition coefficient (Wildman–Crippen LogP) is 3.21. The van der Waals surface area contributed by atoms with E-state index in [1.54, 1.807) is 10.7 Å². The predicted molar refractivity (Wildman–Crippen MR) is 74.9 cm³/mol. The highest BCUT2D eigenvalue weighted by molar-refractivity contribution is 5.39. The van der Waals surface area contributed by atoms with Crippen LogP contribution >= 0.6 is 0 Å². The molecule has 0 amide bonds. The molecule has 0 spiro atoms. The van der Waals surface area contributed by atoms with Crippen molar-refractivity contribution in [2.24, 2.45) is 0 Å². The van der Waals surface area contributed by atoms with E-state index >= 15 is 0 Å². The number of rotatable bonds is 3. The van der Waals surface area contributed by atoms with E-state index in [-0.39, 0.29) is 11.4 Å². The first-order valence-electron chi connectivity index (χ1n) is 6.41. The van der Waals surface area contributed by atoms with E-state index in [0.717, 1.165) is 16.9 Å². The molecule has 1 N–H and O–H groups in total. The normalized spacial score (nSPS) is 11.8. The van der Waals surface area contributed by atoms with E-state index in [9.17, 15) is 4.39 Å². The molecule has 0 aliphatic carbocycles. The number of hydrogen-bond acceptors (Lipinski definition) is 2. The molecule has 102 valence electrons. The van der Waals surface area contributed by atoms with Gasteiger partial charge in [-0.05, 0) is 51.5 Å². The highest BCUT2D eigenvalue weighted by Crippen LogP contribution is 2.15. The molecule has 0 fully saturated rings. The number of nitrogens with zero attached hydrogens (tertiary/aromatic N) is 2. The summed E-state index contributed by atoms with van der Waals surface area (Å²) in [4.78, 5) is 0. The van der Waals surface area contributed by atoms with E-state index in [1.165, 1.54) is 12.1 Å². The second-order valence-corrected chi connectivity index (χ2v) is 5.79. The van der Waals surface area contributed by atoms with E-state index in [4.69, 9.17) is 0 Å². The quantitative estimate of drug-likeness (QED) is 0.919. The summed E-state index contributed by atoms with van der Waals surface area (Å²) in [6.07, 6.45) is 1.86. The molecule has 1 heterocycles. The molecule has 1 aromatic heterocycles. The van der Waals surface area contributed by atoms with Crippen LogP contribution in [0.2, 0.25) is 0 Å². The minimum absolute atomic E-state index is 0.0541. The van der Waals surface area contributed by atoms with E-state index < -0.39 is 0 Å². The Balaban J connectivity index is 2.19. The third kappa shape index (κ3) is 3.64. The van der Waals surface area contributed by atoms with Gasteiger partial charge in [-0.2, -0.15) is 5.10 Å². The van der Waals surface area contributed by atoms with Crippen molar-refractivity contribution in [3.05, 3.63) is 47.5 Å². The summed E-state index contributed by atoms with van der Waals surface area (Å²) in [5.74, 6) is -0.245. The van der Waals surface area contributed by atoms with Crippen LogP contribution in [0.3, 0.4) is 0 Å². The van der Waals surface area contributed by atoms with Crippen molar-refractivity contribution in [2.45, 2.75) is 39.8 Å². The lowest BCUT2D eigenvalue weighted by atomic mass is 10.1. The highest BCUT2D eigenvalue weighted by Gasteiger charge is 2.10. The van der Waals surface area contributed by atoms with Gasteiger partial charge in [-0.15, -0.1) is 0 Å². The van der Waals surface area contributed by atoms with Crippen LogP contribution in [-0.2, 0) is 6.54 Å². The van der Waals surface area contributed by atoms with Crippen LogP contribution in [0.15, 0.2) is 30.5 Å². The Hall–Kier alpha value is -1.68. The van der Waals surface area contributed by atoms with Crippen molar-refractivity contribution >= 4 is 0 Å². The van der Waals surface area contributed by atoms with Gasteiger partial charge in [0.15, 0.2) is 0 Å². The molecular weight excluding hydrogens is 241 g/mol. The lowest BCUT2D eigenvalue weighted by molar-refractivity contribution is 0.420.